The zero-order valence-corrected chi connectivity index (χ0v) is 16.6. The maximum atomic E-state index is 12.9. The van der Waals surface area contributed by atoms with Gasteiger partial charge in [0.2, 0.25) is 5.91 Å². The van der Waals surface area contributed by atoms with E-state index in [1.807, 2.05) is 37.3 Å². The van der Waals surface area contributed by atoms with E-state index < -0.39 is 6.04 Å². The number of aromatic amines is 1. The third-order valence-electron chi connectivity index (χ3n) is 4.72. The van der Waals surface area contributed by atoms with Crippen LogP contribution < -0.4 is 20.8 Å². The van der Waals surface area contributed by atoms with Crippen LogP contribution in [0.3, 0.4) is 0 Å². The van der Waals surface area contributed by atoms with Crippen molar-refractivity contribution in [1.82, 2.24) is 14.9 Å². The molecule has 8 heteroatoms. The van der Waals surface area contributed by atoms with Crippen LogP contribution in [-0.4, -0.2) is 41.5 Å². The summed E-state index contributed by atoms with van der Waals surface area (Å²) in [6.45, 7) is 2.41. The smallest absolute Gasteiger partial charge is 0.258 e. The number of nitrogens with zero attached hydrogens (tertiary/aromatic N) is 2. The molecule has 1 unspecified atom stereocenters. The van der Waals surface area contributed by atoms with Crippen molar-refractivity contribution >= 4 is 16.8 Å². The Morgan fingerprint density at radius 2 is 1.83 bits per heavy atom. The van der Waals surface area contributed by atoms with Gasteiger partial charge in [0.05, 0.1) is 31.7 Å². The summed E-state index contributed by atoms with van der Waals surface area (Å²) in [5, 5.41) is 0.377. The Bertz CT molecular complexity index is 1070. The van der Waals surface area contributed by atoms with Crippen molar-refractivity contribution in [3.8, 4) is 11.5 Å². The molecular weight excluding hydrogens is 372 g/mol. The number of nitrogens with one attached hydrogen (secondary N) is 1. The summed E-state index contributed by atoms with van der Waals surface area (Å²) in [6.07, 6.45) is 0. The fraction of sp³-hybridized carbons (Fsp3) is 0.286. The van der Waals surface area contributed by atoms with Crippen LogP contribution in [0.1, 0.15) is 24.4 Å². The number of rotatable bonds is 7. The molecule has 0 saturated heterocycles. The van der Waals surface area contributed by atoms with Crippen LogP contribution in [0.2, 0.25) is 0 Å². The van der Waals surface area contributed by atoms with Crippen LogP contribution in [0.5, 0.6) is 11.5 Å². The van der Waals surface area contributed by atoms with Crippen LogP contribution in [0.25, 0.3) is 10.9 Å². The van der Waals surface area contributed by atoms with Gasteiger partial charge in [-0.15, -0.1) is 0 Å². The molecule has 0 aliphatic rings. The number of benzene rings is 2. The Morgan fingerprint density at radius 1 is 1.17 bits per heavy atom. The summed E-state index contributed by atoms with van der Waals surface area (Å²) in [5.74, 6) is 1.04. The third kappa shape index (κ3) is 4.22. The van der Waals surface area contributed by atoms with Gasteiger partial charge in [0.15, 0.2) is 11.5 Å². The minimum atomic E-state index is -0.785. The number of nitrogens with two attached hydrogens (primary N) is 1. The Hall–Kier alpha value is -3.39. The molecule has 3 rings (SSSR count). The van der Waals surface area contributed by atoms with E-state index in [1.165, 1.54) is 14.2 Å². The number of methoxy groups -OCH3 is 2. The van der Waals surface area contributed by atoms with E-state index in [4.69, 9.17) is 15.2 Å². The van der Waals surface area contributed by atoms with Crippen molar-refractivity contribution in [2.45, 2.75) is 19.5 Å². The van der Waals surface area contributed by atoms with Crippen molar-refractivity contribution in [1.29, 1.82) is 0 Å². The topological polar surface area (TPSA) is 111 Å². The van der Waals surface area contributed by atoms with Gasteiger partial charge in [0, 0.05) is 12.6 Å². The summed E-state index contributed by atoms with van der Waals surface area (Å²) < 4.78 is 10.5. The summed E-state index contributed by atoms with van der Waals surface area (Å²) >= 11 is 0. The first-order chi connectivity index (χ1) is 14.0. The molecule has 0 fully saturated rings. The second-order valence-corrected chi connectivity index (χ2v) is 6.48. The number of H-pyrrole nitrogens is 1. The molecule has 152 valence electrons. The van der Waals surface area contributed by atoms with Crippen molar-refractivity contribution in [3.05, 3.63) is 64.2 Å². The van der Waals surface area contributed by atoms with E-state index in [0.717, 1.165) is 5.56 Å². The normalized spacial score (nSPS) is 11.9. The molecular formula is C21H24N4O4. The molecule has 8 nitrogen and oxygen atoms in total. The van der Waals surface area contributed by atoms with E-state index >= 15 is 0 Å². The standard InChI is InChI=1S/C21H24N4O4/c1-4-25(21(27)19(22)13-8-6-5-7-9-13)12-18-23-15-11-17(29-3)16(28-2)10-14(15)20(26)24-18/h5-11,19H,4,12,22H2,1-3H3,(H,23,24,26). The molecule has 0 spiro atoms. The van der Waals surface area contributed by atoms with E-state index in [9.17, 15) is 9.59 Å². The molecule has 0 saturated carbocycles. The Kier molecular flexibility index (Phi) is 6.13. The number of carbonyl (C=O) groups excluding carboxylic acids is 1. The monoisotopic (exact) mass is 396 g/mol. The minimum Gasteiger partial charge on any atom is -0.493 e. The zero-order valence-electron chi connectivity index (χ0n) is 16.6. The van der Waals surface area contributed by atoms with Crippen LogP contribution in [0, 0.1) is 0 Å². The third-order valence-corrected chi connectivity index (χ3v) is 4.72. The number of likely N-dealkylation sites (N-methyl/N-ethyl adjacent to an activating group) is 1. The number of hydrogen-bond donors (Lipinski definition) is 2. The van der Waals surface area contributed by atoms with Crippen molar-refractivity contribution < 1.29 is 14.3 Å². The van der Waals surface area contributed by atoms with Gasteiger partial charge in [-0.3, -0.25) is 9.59 Å². The highest BCUT2D eigenvalue weighted by molar-refractivity contribution is 5.83. The van der Waals surface area contributed by atoms with E-state index in [0.29, 0.717) is 34.8 Å². The highest BCUT2D eigenvalue weighted by Gasteiger charge is 2.22. The highest BCUT2D eigenvalue weighted by atomic mass is 16.5. The maximum Gasteiger partial charge on any atom is 0.258 e. The average Bonchev–Trinajstić information content (AvgIpc) is 2.76. The molecule has 1 atom stereocenters. The number of amides is 1. The van der Waals surface area contributed by atoms with Crippen LogP contribution >= 0.6 is 0 Å². The second kappa shape index (κ2) is 8.74. The average molecular weight is 396 g/mol. The van der Waals surface area contributed by atoms with Crippen LogP contribution in [-0.2, 0) is 11.3 Å². The fourth-order valence-electron chi connectivity index (χ4n) is 3.12. The van der Waals surface area contributed by atoms with Crippen molar-refractivity contribution in [2.24, 2.45) is 5.73 Å². The van der Waals surface area contributed by atoms with Gasteiger partial charge in [-0.25, -0.2) is 4.98 Å². The van der Waals surface area contributed by atoms with Crippen molar-refractivity contribution in [3.63, 3.8) is 0 Å². The first-order valence-electron chi connectivity index (χ1n) is 9.22. The summed E-state index contributed by atoms with van der Waals surface area (Å²) in [5.41, 5.74) is 7.01. The Morgan fingerprint density at radius 3 is 2.45 bits per heavy atom. The summed E-state index contributed by atoms with van der Waals surface area (Å²) in [7, 11) is 3.01. The Balaban J connectivity index is 1.91. The molecule has 29 heavy (non-hydrogen) atoms. The van der Waals surface area contributed by atoms with Gasteiger partial charge in [0.25, 0.3) is 5.56 Å². The summed E-state index contributed by atoms with van der Waals surface area (Å²) in [6, 6.07) is 11.6. The molecule has 3 aromatic rings. The molecule has 0 aliphatic heterocycles. The first kappa shape index (κ1) is 20.3. The van der Waals surface area contributed by atoms with Crippen LogP contribution in [0.15, 0.2) is 47.3 Å². The molecule has 0 radical (unpaired) electrons. The van der Waals surface area contributed by atoms with Crippen LogP contribution in [0.4, 0.5) is 0 Å². The van der Waals surface area contributed by atoms with E-state index in [1.54, 1.807) is 17.0 Å². The fourth-order valence-corrected chi connectivity index (χ4v) is 3.12. The van der Waals surface area contributed by atoms with Gasteiger partial charge < -0.3 is 25.1 Å². The minimum absolute atomic E-state index is 0.134. The van der Waals surface area contributed by atoms with Gasteiger partial charge in [-0.2, -0.15) is 0 Å². The predicted octanol–water partition coefficient (Wildman–Crippen LogP) is 1.99. The van der Waals surface area contributed by atoms with Gasteiger partial charge in [-0.05, 0) is 18.6 Å². The van der Waals surface area contributed by atoms with Gasteiger partial charge >= 0.3 is 0 Å². The lowest BCUT2D eigenvalue weighted by Crippen LogP contribution is -2.38. The largest absolute Gasteiger partial charge is 0.493 e. The zero-order chi connectivity index (χ0) is 21.0. The number of carbonyl (C=O) groups is 1. The second-order valence-electron chi connectivity index (χ2n) is 6.48. The molecule has 1 amide bonds. The number of fused-ring (bicyclic) bond motifs is 1. The van der Waals surface area contributed by atoms with E-state index in [2.05, 4.69) is 9.97 Å². The predicted molar refractivity (Wildman–Crippen MR) is 110 cm³/mol. The molecule has 0 bridgehead atoms. The molecule has 2 aromatic carbocycles. The quantitative estimate of drug-likeness (QED) is 0.632. The van der Waals surface area contributed by atoms with Gasteiger partial charge in [-0.1, -0.05) is 30.3 Å². The molecule has 3 N–H and O–H groups in total. The lowest BCUT2D eigenvalue weighted by molar-refractivity contribution is -0.133. The number of ether oxygens (including phenoxy) is 2. The maximum absolute atomic E-state index is 12.9. The van der Waals surface area contributed by atoms with E-state index in [-0.39, 0.29) is 18.0 Å². The lowest BCUT2D eigenvalue weighted by Gasteiger charge is -2.24. The molecule has 0 aliphatic carbocycles. The molecule has 1 heterocycles. The highest BCUT2D eigenvalue weighted by Crippen LogP contribution is 2.30. The SMILES string of the molecule is CCN(Cc1nc2cc(OC)c(OC)cc2c(=O)[nH]1)C(=O)C(N)c1ccccc1. The number of aromatic nitrogens is 2. The lowest BCUT2D eigenvalue weighted by atomic mass is 10.1. The first-order valence-corrected chi connectivity index (χ1v) is 9.22. The number of hydrogen-bond acceptors (Lipinski definition) is 6. The summed E-state index contributed by atoms with van der Waals surface area (Å²) in [4.78, 5) is 34.2. The van der Waals surface area contributed by atoms with Crippen molar-refractivity contribution in [2.75, 3.05) is 20.8 Å². The van der Waals surface area contributed by atoms with Gasteiger partial charge in [0.1, 0.15) is 11.9 Å². The molecule has 1 aromatic heterocycles. The Labute approximate surface area is 168 Å².